The van der Waals surface area contributed by atoms with Gasteiger partial charge in [-0.15, -0.1) is 0 Å². The SMILES string of the molecule is CC/C=C\C/C=C\C/C=C\C/C=C\C/C=C\CCC(=O)OCC(COC(=O)CCCCCCCCCCCCCCC)OC(=O)CC/C=C\C/C=C\C/C=C\C/C=C\C/C=C\CC. The Morgan fingerprint density at radius 3 is 0.968 bits per heavy atom. The van der Waals surface area contributed by atoms with Gasteiger partial charge in [0.25, 0.3) is 0 Å². The number of unbranched alkanes of at least 4 members (excludes halogenated alkanes) is 12. The van der Waals surface area contributed by atoms with Crippen molar-refractivity contribution in [3.05, 3.63) is 122 Å². The van der Waals surface area contributed by atoms with Crippen LogP contribution in [0.1, 0.15) is 201 Å². The maximum atomic E-state index is 12.7. The average molecular weight is 871 g/mol. The van der Waals surface area contributed by atoms with Crippen LogP contribution in [-0.4, -0.2) is 37.2 Å². The van der Waals surface area contributed by atoms with E-state index in [2.05, 4.69) is 118 Å². The summed E-state index contributed by atoms with van der Waals surface area (Å²) in [5.74, 6) is -1.11. The summed E-state index contributed by atoms with van der Waals surface area (Å²) in [6.07, 6.45) is 69.2. The van der Waals surface area contributed by atoms with E-state index in [4.69, 9.17) is 14.2 Å². The van der Waals surface area contributed by atoms with Crippen molar-refractivity contribution < 1.29 is 28.6 Å². The highest BCUT2D eigenvalue weighted by molar-refractivity contribution is 5.71. The summed E-state index contributed by atoms with van der Waals surface area (Å²) in [7, 11) is 0. The minimum absolute atomic E-state index is 0.132. The third-order valence-corrected chi connectivity index (χ3v) is 9.99. The minimum atomic E-state index is -0.848. The molecule has 0 rings (SSSR count). The van der Waals surface area contributed by atoms with Gasteiger partial charge >= 0.3 is 17.9 Å². The first-order chi connectivity index (χ1) is 31.0. The Kier molecular flexibility index (Phi) is 47.1. The van der Waals surface area contributed by atoms with Gasteiger partial charge in [0.2, 0.25) is 0 Å². The summed E-state index contributed by atoms with van der Waals surface area (Å²) < 4.78 is 16.6. The molecule has 0 spiro atoms. The summed E-state index contributed by atoms with van der Waals surface area (Å²) in [5, 5.41) is 0. The monoisotopic (exact) mass is 871 g/mol. The Bertz CT molecular complexity index is 1370. The van der Waals surface area contributed by atoms with Gasteiger partial charge in [-0.3, -0.25) is 14.4 Å². The third-order valence-electron chi connectivity index (χ3n) is 9.99. The highest BCUT2D eigenvalue weighted by atomic mass is 16.6. The van der Waals surface area contributed by atoms with Crippen molar-refractivity contribution in [2.75, 3.05) is 13.2 Å². The van der Waals surface area contributed by atoms with Gasteiger partial charge in [0, 0.05) is 19.3 Å². The zero-order chi connectivity index (χ0) is 45.8. The van der Waals surface area contributed by atoms with Gasteiger partial charge in [-0.05, 0) is 83.5 Å². The van der Waals surface area contributed by atoms with Crippen molar-refractivity contribution in [3.63, 3.8) is 0 Å². The van der Waals surface area contributed by atoms with Crippen LogP contribution in [0.4, 0.5) is 0 Å². The van der Waals surface area contributed by atoms with E-state index in [1.54, 1.807) is 0 Å². The van der Waals surface area contributed by atoms with Crippen LogP contribution in [0.2, 0.25) is 0 Å². The summed E-state index contributed by atoms with van der Waals surface area (Å²) >= 11 is 0. The molecule has 0 bridgehead atoms. The number of rotatable bonds is 43. The molecule has 0 aliphatic heterocycles. The molecular formula is C57H90O6. The molecule has 0 amide bonds. The van der Waals surface area contributed by atoms with Crippen molar-refractivity contribution >= 4 is 17.9 Å². The molecule has 0 aromatic rings. The molecule has 6 nitrogen and oxygen atoms in total. The second kappa shape index (κ2) is 50.5. The Morgan fingerprint density at radius 1 is 0.333 bits per heavy atom. The predicted octanol–water partition coefficient (Wildman–Crippen LogP) is 16.5. The Labute approximate surface area is 386 Å². The molecule has 0 fully saturated rings. The first-order valence-electron chi connectivity index (χ1n) is 25.0. The largest absolute Gasteiger partial charge is 0.462 e. The molecule has 63 heavy (non-hydrogen) atoms. The van der Waals surface area contributed by atoms with Crippen LogP contribution >= 0.6 is 0 Å². The highest BCUT2D eigenvalue weighted by Crippen LogP contribution is 2.14. The fourth-order valence-electron chi connectivity index (χ4n) is 6.30. The maximum Gasteiger partial charge on any atom is 0.306 e. The predicted molar refractivity (Wildman–Crippen MR) is 269 cm³/mol. The van der Waals surface area contributed by atoms with Crippen LogP contribution < -0.4 is 0 Å². The molecule has 0 aliphatic rings. The molecule has 354 valence electrons. The van der Waals surface area contributed by atoms with Gasteiger partial charge in [0.15, 0.2) is 6.10 Å². The number of carbonyl (C=O) groups excluding carboxylic acids is 3. The standard InChI is InChI=1S/C57H90O6/c1-4-7-10-13-16-19-22-25-27-29-32-35-38-41-44-47-50-56(59)62-53-54(52-61-55(58)49-46-43-40-37-34-31-24-21-18-15-12-9-6-3)63-57(60)51-48-45-42-39-36-33-30-28-26-23-20-17-14-11-8-5-2/h7-8,10-11,16-17,19-20,25-28,32-33,35-36,41-42,44-45,54H,4-6,9,12-15,18,21-24,29-31,34,37-40,43,46-53H2,1-3H3/b10-7-,11-8-,19-16-,20-17-,27-25-,28-26-,35-32-,36-33-,44-41-,45-42-. The Morgan fingerprint density at radius 2 is 0.619 bits per heavy atom. The Balaban J connectivity index is 4.62. The molecule has 0 radical (unpaired) electrons. The van der Waals surface area contributed by atoms with E-state index in [0.717, 1.165) is 83.5 Å². The van der Waals surface area contributed by atoms with Crippen molar-refractivity contribution in [1.29, 1.82) is 0 Å². The van der Waals surface area contributed by atoms with Gasteiger partial charge in [0.05, 0.1) is 0 Å². The van der Waals surface area contributed by atoms with Gasteiger partial charge in [-0.1, -0.05) is 219 Å². The van der Waals surface area contributed by atoms with E-state index >= 15 is 0 Å². The second-order valence-corrected chi connectivity index (χ2v) is 16.0. The number of esters is 3. The average Bonchev–Trinajstić information content (AvgIpc) is 3.28. The third kappa shape index (κ3) is 48.7. The van der Waals surface area contributed by atoms with E-state index in [-0.39, 0.29) is 38.0 Å². The Hall–Kier alpha value is -4.19. The van der Waals surface area contributed by atoms with Crippen molar-refractivity contribution in [2.45, 2.75) is 207 Å². The van der Waals surface area contributed by atoms with E-state index in [0.29, 0.717) is 19.3 Å². The smallest absolute Gasteiger partial charge is 0.306 e. The molecule has 0 saturated carbocycles. The van der Waals surface area contributed by atoms with Crippen LogP contribution in [0.3, 0.4) is 0 Å². The van der Waals surface area contributed by atoms with Gasteiger partial charge < -0.3 is 14.2 Å². The summed E-state index contributed by atoms with van der Waals surface area (Å²) in [4.78, 5) is 37.9. The molecule has 0 aromatic heterocycles. The molecule has 0 heterocycles. The number of hydrogen-bond acceptors (Lipinski definition) is 6. The molecule has 6 heteroatoms. The normalized spacial score (nSPS) is 13.1. The minimum Gasteiger partial charge on any atom is -0.462 e. The van der Waals surface area contributed by atoms with Gasteiger partial charge in [-0.2, -0.15) is 0 Å². The number of hydrogen-bond donors (Lipinski definition) is 0. The molecule has 0 aromatic carbocycles. The lowest BCUT2D eigenvalue weighted by atomic mass is 10.0. The van der Waals surface area contributed by atoms with E-state index in [1.807, 2.05) is 24.3 Å². The van der Waals surface area contributed by atoms with Crippen molar-refractivity contribution in [2.24, 2.45) is 0 Å². The van der Waals surface area contributed by atoms with Crippen LogP contribution in [-0.2, 0) is 28.6 Å². The lowest BCUT2D eigenvalue weighted by Gasteiger charge is -2.18. The molecule has 0 N–H and O–H groups in total. The van der Waals surface area contributed by atoms with Crippen molar-refractivity contribution in [1.82, 2.24) is 0 Å². The lowest BCUT2D eigenvalue weighted by Crippen LogP contribution is -2.30. The second-order valence-electron chi connectivity index (χ2n) is 16.0. The van der Waals surface area contributed by atoms with Crippen molar-refractivity contribution in [3.8, 4) is 0 Å². The topological polar surface area (TPSA) is 78.9 Å². The highest BCUT2D eigenvalue weighted by Gasteiger charge is 2.19. The summed E-state index contributed by atoms with van der Waals surface area (Å²) in [6, 6.07) is 0. The molecule has 0 saturated heterocycles. The first kappa shape index (κ1) is 58.8. The van der Waals surface area contributed by atoms with Crippen LogP contribution in [0.5, 0.6) is 0 Å². The van der Waals surface area contributed by atoms with Crippen LogP contribution in [0, 0.1) is 0 Å². The maximum absolute atomic E-state index is 12.7. The number of ether oxygens (including phenoxy) is 3. The molecule has 0 aliphatic carbocycles. The fourth-order valence-corrected chi connectivity index (χ4v) is 6.30. The molecule has 1 unspecified atom stereocenters. The fraction of sp³-hybridized carbons (Fsp3) is 0.596. The van der Waals surface area contributed by atoms with Crippen LogP contribution in [0.25, 0.3) is 0 Å². The quantitative estimate of drug-likeness (QED) is 0.0263. The lowest BCUT2D eigenvalue weighted by molar-refractivity contribution is -0.166. The number of allylic oxidation sites excluding steroid dienone is 20. The molecule has 1 atom stereocenters. The zero-order valence-electron chi connectivity index (χ0n) is 40.3. The van der Waals surface area contributed by atoms with Gasteiger partial charge in [0.1, 0.15) is 13.2 Å². The zero-order valence-corrected chi connectivity index (χ0v) is 40.3. The number of carbonyl (C=O) groups is 3. The van der Waals surface area contributed by atoms with E-state index in [1.165, 1.54) is 64.2 Å². The first-order valence-corrected chi connectivity index (χ1v) is 25.0. The van der Waals surface area contributed by atoms with Gasteiger partial charge in [-0.25, -0.2) is 0 Å². The van der Waals surface area contributed by atoms with Crippen LogP contribution in [0.15, 0.2) is 122 Å². The van der Waals surface area contributed by atoms with E-state index < -0.39 is 12.1 Å². The summed E-state index contributed by atoms with van der Waals surface area (Å²) in [6.45, 7) is 6.26. The molecular weight excluding hydrogens is 781 g/mol. The van der Waals surface area contributed by atoms with E-state index in [9.17, 15) is 14.4 Å². The summed E-state index contributed by atoms with van der Waals surface area (Å²) in [5.41, 5.74) is 0.